The van der Waals surface area contributed by atoms with Crippen molar-refractivity contribution in [1.29, 1.82) is 0 Å². The number of primary amides is 1. The Morgan fingerprint density at radius 1 is 1.50 bits per heavy atom. The van der Waals surface area contributed by atoms with Gasteiger partial charge in [-0.1, -0.05) is 18.6 Å². The molecule has 0 saturated heterocycles. The third-order valence-corrected chi connectivity index (χ3v) is 1.76. The van der Waals surface area contributed by atoms with Crippen LogP contribution in [0.25, 0.3) is 0 Å². The van der Waals surface area contributed by atoms with Crippen molar-refractivity contribution in [2.45, 2.75) is 40.0 Å². The van der Waals surface area contributed by atoms with E-state index in [1.54, 1.807) is 0 Å². The van der Waals surface area contributed by atoms with Gasteiger partial charge in [-0.15, -0.1) is 0 Å². The summed E-state index contributed by atoms with van der Waals surface area (Å²) in [6, 6.07) is 0. The van der Waals surface area contributed by atoms with Gasteiger partial charge in [-0.2, -0.15) is 0 Å². The van der Waals surface area contributed by atoms with E-state index in [1.165, 1.54) is 5.57 Å². The zero-order valence-corrected chi connectivity index (χ0v) is 8.26. The van der Waals surface area contributed by atoms with E-state index in [2.05, 4.69) is 26.8 Å². The molecule has 0 heterocycles. The molecule has 0 rings (SSSR count). The van der Waals surface area contributed by atoms with Gasteiger partial charge >= 0.3 is 0 Å². The Bertz CT molecular complexity index is 169. The zero-order valence-electron chi connectivity index (χ0n) is 8.26. The molecule has 0 saturated carbocycles. The number of amides is 1. The van der Waals surface area contributed by atoms with E-state index in [0.717, 1.165) is 12.8 Å². The summed E-state index contributed by atoms with van der Waals surface area (Å²) in [6.07, 6.45) is 4.80. The third-order valence-electron chi connectivity index (χ3n) is 1.76. The first-order valence-corrected chi connectivity index (χ1v) is 4.44. The Kier molecular flexibility index (Phi) is 5.43. The van der Waals surface area contributed by atoms with E-state index < -0.39 is 0 Å². The minimum atomic E-state index is -0.195. The van der Waals surface area contributed by atoms with Crippen LogP contribution in [0, 0.1) is 5.92 Å². The van der Waals surface area contributed by atoms with Gasteiger partial charge in [0.2, 0.25) is 5.91 Å². The smallest absolute Gasteiger partial charge is 0.217 e. The van der Waals surface area contributed by atoms with Crippen molar-refractivity contribution in [2.75, 3.05) is 0 Å². The molecule has 0 unspecified atom stereocenters. The molecular formula is C10H19NO. The quantitative estimate of drug-likeness (QED) is 0.630. The van der Waals surface area contributed by atoms with Crippen molar-refractivity contribution in [3.05, 3.63) is 11.6 Å². The van der Waals surface area contributed by atoms with E-state index in [-0.39, 0.29) is 5.91 Å². The maximum Gasteiger partial charge on any atom is 0.217 e. The van der Waals surface area contributed by atoms with E-state index in [1.807, 2.05) is 0 Å². The minimum absolute atomic E-state index is 0.195. The molecule has 0 aromatic heterocycles. The maximum atomic E-state index is 10.5. The average molecular weight is 169 g/mol. The lowest BCUT2D eigenvalue weighted by Gasteiger charge is -2.06. The molecule has 12 heavy (non-hydrogen) atoms. The summed E-state index contributed by atoms with van der Waals surface area (Å²) in [5.41, 5.74) is 6.41. The van der Waals surface area contributed by atoms with Crippen LogP contribution in [0.3, 0.4) is 0 Å². The van der Waals surface area contributed by atoms with Crippen molar-refractivity contribution in [1.82, 2.24) is 0 Å². The molecule has 1 atom stereocenters. The number of allylic oxidation sites excluding steroid dienone is 2. The molecule has 0 fully saturated rings. The standard InChI is InChI=1S/C10H19NO/c1-8(2)5-4-6-9(3)7-10(11)12/h5,9H,4,6-7H2,1-3H3,(H2,11,12)/t9-/m0/s1. The molecule has 2 heteroatoms. The van der Waals surface area contributed by atoms with Gasteiger partial charge in [0.1, 0.15) is 0 Å². The third kappa shape index (κ3) is 7.32. The van der Waals surface area contributed by atoms with Gasteiger partial charge in [-0.3, -0.25) is 4.79 Å². The predicted molar refractivity (Wildman–Crippen MR) is 51.6 cm³/mol. The first-order chi connectivity index (χ1) is 5.52. The number of carbonyl (C=O) groups is 1. The van der Waals surface area contributed by atoms with Gasteiger partial charge in [-0.25, -0.2) is 0 Å². The van der Waals surface area contributed by atoms with Crippen LogP contribution in [0.15, 0.2) is 11.6 Å². The van der Waals surface area contributed by atoms with Crippen LogP contribution in [-0.4, -0.2) is 5.91 Å². The molecule has 2 N–H and O–H groups in total. The molecule has 0 aliphatic rings. The van der Waals surface area contributed by atoms with Crippen molar-refractivity contribution >= 4 is 5.91 Å². The lowest BCUT2D eigenvalue weighted by atomic mass is 10.0. The fourth-order valence-electron chi connectivity index (χ4n) is 1.10. The summed E-state index contributed by atoms with van der Waals surface area (Å²) < 4.78 is 0. The highest BCUT2D eigenvalue weighted by atomic mass is 16.1. The number of nitrogens with two attached hydrogens (primary N) is 1. The van der Waals surface area contributed by atoms with Gasteiger partial charge in [0.05, 0.1) is 0 Å². The molecular weight excluding hydrogens is 150 g/mol. The monoisotopic (exact) mass is 169 g/mol. The Morgan fingerprint density at radius 2 is 2.08 bits per heavy atom. The largest absolute Gasteiger partial charge is 0.370 e. The molecule has 70 valence electrons. The second-order valence-corrected chi connectivity index (χ2v) is 3.63. The molecule has 0 bridgehead atoms. The lowest BCUT2D eigenvalue weighted by Crippen LogP contribution is -2.14. The molecule has 0 aliphatic heterocycles. The number of carbonyl (C=O) groups excluding carboxylic acids is 1. The van der Waals surface area contributed by atoms with Crippen LogP contribution < -0.4 is 5.73 Å². The zero-order chi connectivity index (χ0) is 9.56. The average Bonchev–Trinajstić information content (AvgIpc) is 1.84. The number of hydrogen-bond donors (Lipinski definition) is 1. The molecule has 0 spiro atoms. The van der Waals surface area contributed by atoms with Gasteiger partial charge in [-0.05, 0) is 32.6 Å². The Morgan fingerprint density at radius 3 is 2.50 bits per heavy atom. The molecule has 1 amide bonds. The van der Waals surface area contributed by atoms with Gasteiger partial charge < -0.3 is 5.73 Å². The summed E-state index contributed by atoms with van der Waals surface area (Å²) in [5, 5.41) is 0. The molecule has 0 aliphatic carbocycles. The van der Waals surface area contributed by atoms with Gasteiger partial charge in [0.25, 0.3) is 0 Å². The van der Waals surface area contributed by atoms with Crippen LogP contribution in [0.5, 0.6) is 0 Å². The van der Waals surface area contributed by atoms with Crippen molar-refractivity contribution in [3.63, 3.8) is 0 Å². The Labute approximate surface area is 74.8 Å². The van der Waals surface area contributed by atoms with Crippen LogP contribution in [0.2, 0.25) is 0 Å². The molecule has 0 radical (unpaired) electrons. The summed E-state index contributed by atoms with van der Waals surface area (Å²) >= 11 is 0. The minimum Gasteiger partial charge on any atom is -0.370 e. The van der Waals surface area contributed by atoms with E-state index in [0.29, 0.717) is 12.3 Å². The van der Waals surface area contributed by atoms with Crippen LogP contribution >= 0.6 is 0 Å². The topological polar surface area (TPSA) is 43.1 Å². The highest BCUT2D eigenvalue weighted by molar-refractivity contribution is 5.73. The van der Waals surface area contributed by atoms with E-state index in [4.69, 9.17) is 5.73 Å². The predicted octanol–water partition coefficient (Wildman–Crippen LogP) is 2.24. The Hall–Kier alpha value is -0.790. The van der Waals surface area contributed by atoms with E-state index >= 15 is 0 Å². The van der Waals surface area contributed by atoms with Crippen LogP contribution in [-0.2, 0) is 4.79 Å². The van der Waals surface area contributed by atoms with E-state index in [9.17, 15) is 4.79 Å². The summed E-state index contributed by atoms with van der Waals surface area (Å²) in [7, 11) is 0. The Balaban J connectivity index is 3.50. The summed E-state index contributed by atoms with van der Waals surface area (Å²) in [6.45, 7) is 6.22. The van der Waals surface area contributed by atoms with Gasteiger partial charge in [0, 0.05) is 6.42 Å². The molecule has 0 aromatic carbocycles. The number of rotatable bonds is 5. The second-order valence-electron chi connectivity index (χ2n) is 3.63. The van der Waals surface area contributed by atoms with Crippen LogP contribution in [0.4, 0.5) is 0 Å². The first kappa shape index (κ1) is 11.2. The summed E-state index contributed by atoms with van der Waals surface area (Å²) in [5.74, 6) is 0.220. The summed E-state index contributed by atoms with van der Waals surface area (Å²) in [4.78, 5) is 10.5. The van der Waals surface area contributed by atoms with Crippen molar-refractivity contribution in [2.24, 2.45) is 11.7 Å². The fourth-order valence-corrected chi connectivity index (χ4v) is 1.10. The normalized spacial score (nSPS) is 12.2. The van der Waals surface area contributed by atoms with Crippen LogP contribution in [0.1, 0.15) is 40.0 Å². The lowest BCUT2D eigenvalue weighted by molar-refractivity contribution is -0.118. The SMILES string of the molecule is CC(C)=CCC[C@H](C)CC(N)=O. The highest BCUT2D eigenvalue weighted by Crippen LogP contribution is 2.10. The van der Waals surface area contributed by atoms with Gasteiger partial charge in [0.15, 0.2) is 0 Å². The van der Waals surface area contributed by atoms with Crippen molar-refractivity contribution in [3.8, 4) is 0 Å². The first-order valence-electron chi connectivity index (χ1n) is 4.44. The maximum absolute atomic E-state index is 10.5. The highest BCUT2D eigenvalue weighted by Gasteiger charge is 2.03. The molecule has 0 aromatic rings. The molecule has 2 nitrogen and oxygen atoms in total. The number of hydrogen-bond acceptors (Lipinski definition) is 1. The second kappa shape index (κ2) is 5.81. The van der Waals surface area contributed by atoms with Crippen molar-refractivity contribution < 1.29 is 4.79 Å². The fraction of sp³-hybridized carbons (Fsp3) is 0.700.